The number of aliphatic carboxylic acids is 1. The Morgan fingerprint density at radius 2 is 2.09 bits per heavy atom. The van der Waals surface area contributed by atoms with Crippen LogP contribution in [0.4, 0.5) is 4.39 Å². The Morgan fingerprint density at radius 3 is 2.55 bits per heavy atom. The van der Waals surface area contributed by atoms with Gasteiger partial charge in [0.2, 0.25) is 0 Å². The summed E-state index contributed by atoms with van der Waals surface area (Å²) in [6, 6.07) is 0. The van der Waals surface area contributed by atoms with Gasteiger partial charge < -0.3 is 10.2 Å². The lowest BCUT2D eigenvalue weighted by atomic mass is 9.86. The summed E-state index contributed by atoms with van der Waals surface area (Å²) in [5, 5.41) is 17.4. The second-order valence-electron chi connectivity index (χ2n) is 2.93. The average Bonchev–Trinajstić information content (AvgIpc) is 1.94. The first-order chi connectivity index (χ1) is 5.11. The molecule has 1 aliphatic carbocycles. The molecule has 0 aromatic heterocycles. The maximum atomic E-state index is 12.7. The molecule has 0 heterocycles. The van der Waals surface area contributed by atoms with Crippen molar-refractivity contribution in [1.29, 1.82) is 0 Å². The van der Waals surface area contributed by atoms with E-state index in [1.165, 1.54) is 0 Å². The molecule has 0 aliphatic heterocycles. The summed E-state index contributed by atoms with van der Waals surface area (Å²) >= 11 is 0. The van der Waals surface area contributed by atoms with Crippen LogP contribution in [0.3, 0.4) is 0 Å². The third-order valence-electron chi connectivity index (χ3n) is 2.09. The number of aliphatic hydroxyl groups excluding tert-OH is 1. The molecule has 1 fully saturated rings. The second kappa shape index (κ2) is 3.17. The molecule has 3 nitrogen and oxygen atoms in total. The minimum Gasteiger partial charge on any atom is -0.481 e. The van der Waals surface area contributed by atoms with Crippen LogP contribution in [-0.2, 0) is 4.79 Å². The van der Waals surface area contributed by atoms with Crippen LogP contribution in [0.5, 0.6) is 0 Å². The lowest BCUT2D eigenvalue weighted by Crippen LogP contribution is -2.33. The SMILES string of the molecule is O=C(O)[C@@H]1CC[C@@H](O)[C@H](F)C1. The summed E-state index contributed by atoms with van der Waals surface area (Å²) in [4.78, 5) is 10.4. The molecular formula is C7H11FO3. The maximum Gasteiger partial charge on any atom is 0.306 e. The van der Waals surface area contributed by atoms with Crippen molar-refractivity contribution in [1.82, 2.24) is 0 Å². The summed E-state index contributed by atoms with van der Waals surface area (Å²) in [5.41, 5.74) is 0. The lowest BCUT2D eigenvalue weighted by molar-refractivity contribution is -0.144. The van der Waals surface area contributed by atoms with Crippen LogP contribution >= 0.6 is 0 Å². The number of carbonyl (C=O) groups is 1. The van der Waals surface area contributed by atoms with Crippen LogP contribution in [0, 0.1) is 5.92 Å². The van der Waals surface area contributed by atoms with E-state index < -0.39 is 24.2 Å². The van der Waals surface area contributed by atoms with E-state index in [9.17, 15) is 9.18 Å². The molecule has 1 rings (SSSR count). The van der Waals surface area contributed by atoms with E-state index in [-0.39, 0.29) is 12.8 Å². The lowest BCUT2D eigenvalue weighted by Gasteiger charge is -2.25. The second-order valence-corrected chi connectivity index (χ2v) is 2.93. The number of alkyl halides is 1. The van der Waals surface area contributed by atoms with Gasteiger partial charge in [-0.3, -0.25) is 4.79 Å². The Morgan fingerprint density at radius 1 is 1.45 bits per heavy atom. The molecule has 0 unspecified atom stereocenters. The molecule has 1 saturated carbocycles. The van der Waals surface area contributed by atoms with Gasteiger partial charge in [0.25, 0.3) is 0 Å². The Hall–Kier alpha value is -0.640. The smallest absolute Gasteiger partial charge is 0.306 e. The molecule has 3 atom stereocenters. The van der Waals surface area contributed by atoms with Crippen LogP contribution in [0.25, 0.3) is 0 Å². The molecule has 11 heavy (non-hydrogen) atoms. The van der Waals surface area contributed by atoms with Crippen LogP contribution in [-0.4, -0.2) is 28.5 Å². The molecule has 0 bridgehead atoms. The van der Waals surface area contributed by atoms with E-state index in [2.05, 4.69) is 0 Å². The van der Waals surface area contributed by atoms with Crippen molar-refractivity contribution in [2.24, 2.45) is 5.92 Å². The van der Waals surface area contributed by atoms with E-state index in [4.69, 9.17) is 10.2 Å². The predicted octanol–water partition coefficient (Wildman–Crippen LogP) is 0.570. The largest absolute Gasteiger partial charge is 0.481 e. The minimum absolute atomic E-state index is 0.0451. The third kappa shape index (κ3) is 1.89. The van der Waals surface area contributed by atoms with Crippen LogP contribution < -0.4 is 0 Å². The fourth-order valence-electron chi connectivity index (χ4n) is 1.32. The van der Waals surface area contributed by atoms with Gasteiger partial charge in [-0.25, -0.2) is 4.39 Å². The first-order valence-electron chi connectivity index (χ1n) is 3.66. The standard InChI is InChI=1S/C7H11FO3/c8-5-3-4(7(10)11)1-2-6(5)9/h4-6,9H,1-3H2,(H,10,11)/t4-,5-,6-/m1/s1. The zero-order valence-corrected chi connectivity index (χ0v) is 6.03. The zero-order chi connectivity index (χ0) is 8.43. The molecule has 0 spiro atoms. The molecule has 0 saturated heterocycles. The molecule has 0 aromatic carbocycles. The van der Waals surface area contributed by atoms with E-state index in [0.29, 0.717) is 6.42 Å². The predicted molar refractivity (Wildman–Crippen MR) is 35.9 cm³/mol. The quantitative estimate of drug-likeness (QED) is 0.592. The van der Waals surface area contributed by atoms with E-state index in [0.717, 1.165) is 0 Å². The van der Waals surface area contributed by atoms with Gasteiger partial charge >= 0.3 is 5.97 Å². The maximum absolute atomic E-state index is 12.7. The molecule has 0 amide bonds. The summed E-state index contributed by atoms with van der Waals surface area (Å²) < 4.78 is 12.7. The number of aliphatic hydroxyl groups is 1. The minimum atomic E-state index is -1.36. The molecule has 2 N–H and O–H groups in total. The Kier molecular flexibility index (Phi) is 2.44. The molecule has 1 aliphatic rings. The van der Waals surface area contributed by atoms with Crippen molar-refractivity contribution >= 4 is 5.97 Å². The average molecular weight is 162 g/mol. The monoisotopic (exact) mass is 162 g/mol. The highest BCUT2D eigenvalue weighted by Gasteiger charge is 2.32. The van der Waals surface area contributed by atoms with Crippen molar-refractivity contribution in [2.45, 2.75) is 31.5 Å². The molecule has 4 heteroatoms. The highest BCUT2D eigenvalue weighted by molar-refractivity contribution is 5.70. The number of hydrogen-bond donors (Lipinski definition) is 2. The van der Waals surface area contributed by atoms with Gasteiger partial charge in [-0.05, 0) is 19.3 Å². The van der Waals surface area contributed by atoms with Crippen LogP contribution in [0.2, 0.25) is 0 Å². The highest BCUT2D eigenvalue weighted by Crippen LogP contribution is 2.26. The van der Waals surface area contributed by atoms with Crippen LogP contribution in [0.1, 0.15) is 19.3 Å². The Bertz CT molecular complexity index is 160. The summed E-state index contributed by atoms with van der Waals surface area (Å²) in [7, 11) is 0. The van der Waals surface area contributed by atoms with Gasteiger partial charge in [0.15, 0.2) is 0 Å². The van der Waals surface area contributed by atoms with E-state index in [1.54, 1.807) is 0 Å². The molecular weight excluding hydrogens is 151 g/mol. The normalized spacial score (nSPS) is 38.5. The van der Waals surface area contributed by atoms with Crippen LogP contribution in [0.15, 0.2) is 0 Å². The number of carboxylic acids is 1. The summed E-state index contributed by atoms with van der Waals surface area (Å²) in [5.74, 6) is -1.56. The number of carboxylic acid groups (broad SMARTS) is 1. The van der Waals surface area contributed by atoms with Gasteiger partial charge in [-0.15, -0.1) is 0 Å². The fourth-order valence-corrected chi connectivity index (χ4v) is 1.32. The Balaban J connectivity index is 2.46. The number of halogens is 1. The van der Waals surface area contributed by atoms with Crippen molar-refractivity contribution in [3.63, 3.8) is 0 Å². The first kappa shape index (κ1) is 8.46. The summed E-state index contributed by atoms with van der Waals surface area (Å²) in [6.07, 6.45) is -1.71. The number of hydrogen-bond acceptors (Lipinski definition) is 2. The van der Waals surface area contributed by atoms with Gasteiger partial charge in [-0.1, -0.05) is 0 Å². The summed E-state index contributed by atoms with van der Waals surface area (Å²) in [6.45, 7) is 0. The van der Waals surface area contributed by atoms with Crippen molar-refractivity contribution in [3.05, 3.63) is 0 Å². The fraction of sp³-hybridized carbons (Fsp3) is 0.857. The van der Waals surface area contributed by atoms with Gasteiger partial charge in [0.05, 0.1) is 12.0 Å². The zero-order valence-electron chi connectivity index (χ0n) is 6.03. The van der Waals surface area contributed by atoms with Gasteiger partial charge in [0.1, 0.15) is 6.17 Å². The van der Waals surface area contributed by atoms with Gasteiger partial charge in [0, 0.05) is 0 Å². The molecule has 0 aromatic rings. The van der Waals surface area contributed by atoms with E-state index >= 15 is 0 Å². The highest BCUT2D eigenvalue weighted by atomic mass is 19.1. The van der Waals surface area contributed by atoms with E-state index in [1.807, 2.05) is 0 Å². The molecule has 64 valence electrons. The topological polar surface area (TPSA) is 57.5 Å². The van der Waals surface area contributed by atoms with Crippen molar-refractivity contribution in [2.75, 3.05) is 0 Å². The third-order valence-corrected chi connectivity index (χ3v) is 2.09. The van der Waals surface area contributed by atoms with Crippen molar-refractivity contribution in [3.8, 4) is 0 Å². The molecule has 0 radical (unpaired) electrons. The Labute approximate surface area is 63.8 Å². The van der Waals surface area contributed by atoms with Gasteiger partial charge in [-0.2, -0.15) is 0 Å². The van der Waals surface area contributed by atoms with Crippen molar-refractivity contribution < 1.29 is 19.4 Å². The first-order valence-corrected chi connectivity index (χ1v) is 3.66. The number of rotatable bonds is 1.